The lowest BCUT2D eigenvalue weighted by molar-refractivity contribution is 0.305. The zero-order valence-electron chi connectivity index (χ0n) is 36.0. The van der Waals surface area contributed by atoms with E-state index in [-0.39, 0.29) is 16.2 Å². The number of hydrogen-bond acceptors (Lipinski definition) is 4. The number of alkyl halides is 1. The first-order valence-electron chi connectivity index (χ1n) is 20.6. The van der Waals surface area contributed by atoms with E-state index in [9.17, 15) is 0 Å². The van der Waals surface area contributed by atoms with Gasteiger partial charge in [-0.1, -0.05) is 181 Å². The molecule has 0 unspecified atom stereocenters. The minimum absolute atomic E-state index is 0.0402. The molecule has 4 aromatic carbocycles. The van der Waals surface area contributed by atoms with Gasteiger partial charge >= 0.3 is 0 Å². The summed E-state index contributed by atoms with van der Waals surface area (Å²) in [5.41, 5.74) is 13.7. The topological polar surface area (TPSA) is 47.9 Å². The SMILES string of the molecule is CC(C)(C)c1ccc(C(c2ccc(OCc3ccc(-c4cccc(-c5ccc(CBr)cn5)n4)nc3)cc2)(c2ccc(C(C)(C)C)cc2)c2ccc(C(C)(C)C)cc2)cc1. The van der Waals surface area contributed by atoms with E-state index in [1.54, 1.807) is 0 Å². The summed E-state index contributed by atoms with van der Waals surface area (Å²) in [6.07, 6.45) is 3.74. The Hall–Kier alpha value is -5.39. The third-order valence-electron chi connectivity index (χ3n) is 11.3. The quantitative estimate of drug-likeness (QED) is 0.102. The molecule has 0 aliphatic rings. The van der Waals surface area contributed by atoms with E-state index >= 15 is 0 Å². The van der Waals surface area contributed by atoms with Gasteiger partial charge in [-0.3, -0.25) is 9.97 Å². The summed E-state index contributed by atoms with van der Waals surface area (Å²) in [4.78, 5) is 14.2. The summed E-state index contributed by atoms with van der Waals surface area (Å²) < 4.78 is 6.41. The highest BCUT2D eigenvalue weighted by atomic mass is 79.9. The van der Waals surface area contributed by atoms with E-state index in [1.165, 1.54) is 38.9 Å². The van der Waals surface area contributed by atoms with Crippen LogP contribution in [0, 0.1) is 0 Å². The maximum Gasteiger partial charge on any atom is 0.119 e. The fraction of sp³-hybridized carbons (Fsp3) is 0.278. The molecule has 0 aliphatic carbocycles. The largest absolute Gasteiger partial charge is 0.489 e. The molecule has 5 heteroatoms. The fourth-order valence-corrected chi connectivity index (χ4v) is 8.00. The van der Waals surface area contributed by atoms with Crippen LogP contribution in [0.2, 0.25) is 0 Å². The van der Waals surface area contributed by atoms with E-state index in [0.29, 0.717) is 6.61 Å². The first-order valence-corrected chi connectivity index (χ1v) is 21.7. The number of halogens is 1. The van der Waals surface area contributed by atoms with Gasteiger partial charge in [0.05, 0.1) is 28.2 Å². The molecule has 0 bridgehead atoms. The average molecular weight is 843 g/mol. The third kappa shape index (κ3) is 9.11. The molecule has 0 amide bonds. The first kappa shape index (κ1) is 41.8. The molecule has 7 aromatic rings. The molecule has 0 radical (unpaired) electrons. The Morgan fingerprint density at radius 1 is 0.407 bits per heavy atom. The molecule has 4 nitrogen and oxygen atoms in total. The van der Waals surface area contributed by atoms with Crippen LogP contribution in [-0.4, -0.2) is 15.0 Å². The molecular weight excluding hydrogens is 787 g/mol. The van der Waals surface area contributed by atoms with E-state index in [1.807, 2.05) is 42.7 Å². The van der Waals surface area contributed by atoms with Crippen molar-refractivity contribution < 1.29 is 4.74 Å². The highest BCUT2D eigenvalue weighted by Crippen LogP contribution is 2.47. The van der Waals surface area contributed by atoms with Crippen molar-refractivity contribution in [1.29, 1.82) is 0 Å². The Balaban J connectivity index is 1.21. The summed E-state index contributed by atoms with van der Waals surface area (Å²) in [6.45, 7) is 20.9. The molecule has 3 heterocycles. The van der Waals surface area contributed by atoms with Gasteiger partial charge in [0.1, 0.15) is 12.4 Å². The Labute approximate surface area is 360 Å². The van der Waals surface area contributed by atoms with Crippen LogP contribution in [0.4, 0.5) is 0 Å². The van der Waals surface area contributed by atoms with Gasteiger partial charge in [-0.2, -0.15) is 0 Å². The molecule has 0 spiro atoms. The predicted octanol–water partition coefficient (Wildman–Crippen LogP) is 14.0. The molecule has 3 aromatic heterocycles. The Morgan fingerprint density at radius 3 is 1.10 bits per heavy atom. The summed E-state index contributed by atoms with van der Waals surface area (Å²) >= 11 is 3.49. The lowest BCUT2D eigenvalue weighted by Crippen LogP contribution is -2.31. The minimum atomic E-state index is -0.583. The van der Waals surface area contributed by atoms with Crippen LogP contribution in [0.3, 0.4) is 0 Å². The standard InChI is InChI=1S/C54H56BrN3O/c1-51(2,3)39-15-21-42(22-16-39)54(43-23-17-40(18-24-43)52(4,5)6,44-25-19-41(20-26-44)53(7,8)9)45-27-29-46(30-28-45)59-36-38-14-32-48(57-35-38)50-12-10-11-49(58-50)47-31-13-37(33-55)34-56-47/h10-32,34-35H,33,36H2,1-9H3. The van der Waals surface area contributed by atoms with Crippen LogP contribution in [0.5, 0.6) is 5.75 Å². The molecule has 0 aliphatic heterocycles. The summed E-state index contributed by atoms with van der Waals surface area (Å²) in [5.74, 6) is 0.800. The van der Waals surface area contributed by atoms with Gasteiger partial charge in [0.15, 0.2) is 0 Å². The van der Waals surface area contributed by atoms with Crippen LogP contribution in [0.15, 0.2) is 152 Å². The lowest BCUT2D eigenvalue weighted by atomic mass is 9.64. The maximum absolute atomic E-state index is 6.41. The Bertz CT molecular complexity index is 2330. The average Bonchev–Trinajstić information content (AvgIpc) is 3.23. The number of rotatable bonds is 10. The molecule has 0 N–H and O–H groups in total. The molecule has 59 heavy (non-hydrogen) atoms. The van der Waals surface area contributed by atoms with Gasteiger partial charge in [0.2, 0.25) is 0 Å². The number of aromatic nitrogens is 3. The fourth-order valence-electron chi connectivity index (χ4n) is 7.66. The van der Waals surface area contributed by atoms with Crippen molar-refractivity contribution in [1.82, 2.24) is 15.0 Å². The van der Waals surface area contributed by atoms with Crippen LogP contribution < -0.4 is 4.74 Å². The number of pyridine rings is 3. The molecular formula is C54H56BrN3O. The van der Waals surface area contributed by atoms with Crippen molar-refractivity contribution in [3.05, 3.63) is 202 Å². The molecule has 0 fully saturated rings. The Kier molecular flexibility index (Phi) is 11.8. The molecule has 0 saturated heterocycles. The van der Waals surface area contributed by atoms with Crippen molar-refractivity contribution >= 4 is 15.9 Å². The van der Waals surface area contributed by atoms with Crippen molar-refractivity contribution in [3.8, 4) is 28.5 Å². The second-order valence-corrected chi connectivity index (χ2v) is 19.3. The Morgan fingerprint density at radius 2 is 0.763 bits per heavy atom. The van der Waals surface area contributed by atoms with Gasteiger partial charge < -0.3 is 4.74 Å². The summed E-state index contributed by atoms with van der Waals surface area (Å²) in [6, 6.07) is 50.6. The van der Waals surface area contributed by atoms with Crippen LogP contribution in [0.1, 0.15) is 112 Å². The first-order chi connectivity index (χ1) is 28.1. The molecule has 7 rings (SSSR count). The molecule has 0 saturated carbocycles. The highest BCUT2D eigenvalue weighted by Gasteiger charge is 2.39. The highest BCUT2D eigenvalue weighted by molar-refractivity contribution is 9.08. The van der Waals surface area contributed by atoms with Crippen LogP contribution in [-0.2, 0) is 33.6 Å². The summed E-state index contributed by atoms with van der Waals surface area (Å²) in [7, 11) is 0. The third-order valence-corrected chi connectivity index (χ3v) is 12.0. The number of benzene rings is 4. The number of hydrogen-bond donors (Lipinski definition) is 0. The monoisotopic (exact) mass is 841 g/mol. The smallest absolute Gasteiger partial charge is 0.119 e. The van der Waals surface area contributed by atoms with Crippen LogP contribution in [0.25, 0.3) is 22.8 Å². The zero-order valence-corrected chi connectivity index (χ0v) is 37.6. The van der Waals surface area contributed by atoms with Gasteiger partial charge in [-0.15, -0.1) is 0 Å². The number of nitrogens with zero attached hydrogens (tertiary/aromatic N) is 3. The van der Waals surface area contributed by atoms with E-state index < -0.39 is 5.41 Å². The van der Waals surface area contributed by atoms with Crippen molar-refractivity contribution in [2.75, 3.05) is 0 Å². The summed E-state index contributed by atoms with van der Waals surface area (Å²) in [5, 5.41) is 0.770. The van der Waals surface area contributed by atoms with E-state index in [4.69, 9.17) is 14.7 Å². The minimum Gasteiger partial charge on any atom is -0.489 e. The van der Waals surface area contributed by atoms with E-state index in [0.717, 1.165) is 45.0 Å². The predicted molar refractivity (Wildman–Crippen MR) is 249 cm³/mol. The van der Waals surface area contributed by atoms with Gasteiger partial charge in [-0.25, -0.2) is 4.98 Å². The van der Waals surface area contributed by atoms with E-state index in [2.05, 4.69) is 192 Å². The zero-order chi connectivity index (χ0) is 42.0. The molecule has 300 valence electrons. The maximum atomic E-state index is 6.41. The second kappa shape index (κ2) is 16.7. The number of ether oxygens (including phenoxy) is 1. The van der Waals surface area contributed by atoms with Crippen molar-refractivity contribution in [2.24, 2.45) is 0 Å². The van der Waals surface area contributed by atoms with Crippen molar-refractivity contribution in [3.63, 3.8) is 0 Å². The van der Waals surface area contributed by atoms with Gasteiger partial charge in [0.25, 0.3) is 0 Å². The normalized spacial score (nSPS) is 12.4. The van der Waals surface area contributed by atoms with Gasteiger partial charge in [-0.05, 0) is 97.2 Å². The van der Waals surface area contributed by atoms with Crippen molar-refractivity contribution in [2.45, 2.75) is 95.9 Å². The second-order valence-electron chi connectivity index (χ2n) is 18.7. The molecule has 0 atom stereocenters. The van der Waals surface area contributed by atoms with Gasteiger partial charge in [0, 0.05) is 23.3 Å². The lowest BCUT2D eigenvalue weighted by Gasteiger charge is -2.38. The van der Waals surface area contributed by atoms with Crippen LogP contribution >= 0.6 is 15.9 Å².